The molecule has 0 rings (SSSR count). The minimum Gasteiger partial charge on any atom is -0.394 e. The van der Waals surface area contributed by atoms with Crippen molar-refractivity contribution in [1.82, 2.24) is 5.32 Å². The van der Waals surface area contributed by atoms with E-state index in [0.717, 1.165) is 38.5 Å². The predicted octanol–water partition coefficient (Wildman–Crippen LogP) is 20.0. The van der Waals surface area contributed by atoms with E-state index in [9.17, 15) is 20.1 Å². The van der Waals surface area contributed by atoms with E-state index >= 15 is 0 Å². The Morgan fingerprint density at radius 1 is 0.357 bits per heavy atom. The number of hydrogen-bond donors (Lipinski definition) is 4. The Kier molecular flexibility index (Phi) is 58.4. The van der Waals surface area contributed by atoms with Crippen LogP contribution >= 0.6 is 0 Å². The molecule has 5 heteroatoms. The lowest BCUT2D eigenvalue weighted by atomic mass is 10.0. The second-order valence-corrected chi connectivity index (χ2v) is 21.6. The molecule has 0 aliphatic carbocycles. The number of unbranched alkanes of at least 4 members (excludes halogenated alkanes) is 43. The molecule has 0 saturated heterocycles. The Morgan fingerprint density at radius 2 is 0.614 bits per heavy atom. The van der Waals surface area contributed by atoms with Crippen LogP contribution in [0.3, 0.4) is 0 Å². The first kappa shape index (κ1) is 68.3. The number of aliphatic hydroxyl groups is 3. The molecular formula is C65H123NO4. The van der Waals surface area contributed by atoms with Crippen LogP contribution in [-0.2, 0) is 4.79 Å². The van der Waals surface area contributed by atoms with E-state index in [1.807, 2.05) is 6.08 Å². The number of aliphatic hydroxyl groups excluding tert-OH is 3. The quantitative estimate of drug-likeness (QED) is 0.0361. The van der Waals surface area contributed by atoms with Crippen molar-refractivity contribution in [3.63, 3.8) is 0 Å². The van der Waals surface area contributed by atoms with Crippen molar-refractivity contribution in [2.24, 2.45) is 0 Å². The second kappa shape index (κ2) is 59.9. The number of allylic oxidation sites excluding steroid dienone is 7. The van der Waals surface area contributed by atoms with Crippen LogP contribution in [-0.4, -0.2) is 46.1 Å². The van der Waals surface area contributed by atoms with Gasteiger partial charge in [-0.3, -0.25) is 4.79 Å². The molecule has 0 aliphatic rings. The molecule has 0 radical (unpaired) electrons. The van der Waals surface area contributed by atoms with Gasteiger partial charge in [-0.25, -0.2) is 0 Å². The highest BCUT2D eigenvalue weighted by atomic mass is 16.3. The van der Waals surface area contributed by atoms with Crippen molar-refractivity contribution < 1.29 is 20.1 Å². The van der Waals surface area contributed by atoms with Crippen LogP contribution in [0.1, 0.15) is 335 Å². The first-order valence-corrected chi connectivity index (χ1v) is 31.4. The lowest BCUT2D eigenvalue weighted by Crippen LogP contribution is -2.45. The predicted molar refractivity (Wildman–Crippen MR) is 310 cm³/mol. The number of nitrogens with one attached hydrogen (secondary N) is 1. The number of rotatable bonds is 58. The highest BCUT2D eigenvalue weighted by Crippen LogP contribution is 2.18. The summed E-state index contributed by atoms with van der Waals surface area (Å²) >= 11 is 0. The van der Waals surface area contributed by atoms with Gasteiger partial charge in [0, 0.05) is 0 Å². The summed E-state index contributed by atoms with van der Waals surface area (Å²) in [7, 11) is 0. The van der Waals surface area contributed by atoms with Crippen molar-refractivity contribution >= 4 is 5.91 Å². The number of carbonyl (C=O) groups excluding carboxylic acids is 1. The fourth-order valence-corrected chi connectivity index (χ4v) is 9.78. The lowest BCUT2D eigenvalue weighted by molar-refractivity contribution is -0.124. The van der Waals surface area contributed by atoms with E-state index in [4.69, 9.17) is 0 Å². The van der Waals surface area contributed by atoms with Crippen LogP contribution in [0.25, 0.3) is 0 Å². The van der Waals surface area contributed by atoms with Gasteiger partial charge in [0.1, 0.15) is 0 Å². The third-order valence-corrected chi connectivity index (χ3v) is 14.6. The molecule has 4 N–H and O–H groups in total. The van der Waals surface area contributed by atoms with Crippen LogP contribution in [0.2, 0.25) is 0 Å². The maximum Gasteiger partial charge on any atom is 0.222 e. The molecule has 0 aromatic carbocycles. The number of carbonyl (C=O) groups is 1. The molecule has 0 aliphatic heterocycles. The average molecular weight is 983 g/mol. The van der Waals surface area contributed by atoms with Gasteiger partial charge in [0.05, 0.1) is 31.3 Å². The van der Waals surface area contributed by atoms with Gasteiger partial charge in [0.15, 0.2) is 0 Å². The molecule has 0 fully saturated rings. The van der Waals surface area contributed by atoms with E-state index in [1.165, 1.54) is 270 Å². The van der Waals surface area contributed by atoms with Crippen LogP contribution in [0, 0.1) is 0 Å². The normalized spacial score (nSPS) is 13.5. The highest BCUT2D eigenvalue weighted by molar-refractivity contribution is 5.76. The zero-order valence-electron chi connectivity index (χ0n) is 47.2. The summed E-state index contributed by atoms with van der Waals surface area (Å²) in [6.07, 6.45) is 80.5. The van der Waals surface area contributed by atoms with Gasteiger partial charge in [-0.05, 0) is 70.6 Å². The molecule has 70 heavy (non-hydrogen) atoms. The van der Waals surface area contributed by atoms with E-state index < -0.39 is 18.2 Å². The van der Waals surface area contributed by atoms with Gasteiger partial charge in [0.25, 0.3) is 0 Å². The topological polar surface area (TPSA) is 89.8 Å². The largest absolute Gasteiger partial charge is 0.394 e. The van der Waals surface area contributed by atoms with Crippen LogP contribution in [0.5, 0.6) is 0 Å². The van der Waals surface area contributed by atoms with Gasteiger partial charge >= 0.3 is 0 Å². The lowest BCUT2D eigenvalue weighted by Gasteiger charge is -2.21. The van der Waals surface area contributed by atoms with Crippen LogP contribution in [0.15, 0.2) is 48.6 Å². The van der Waals surface area contributed by atoms with Crippen molar-refractivity contribution in [2.45, 2.75) is 353 Å². The summed E-state index contributed by atoms with van der Waals surface area (Å²) < 4.78 is 0. The molecule has 412 valence electrons. The summed E-state index contributed by atoms with van der Waals surface area (Å²) in [5.74, 6) is -0.325. The maximum atomic E-state index is 12.5. The molecule has 3 unspecified atom stereocenters. The van der Waals surface area contributed by atoms with Crippen molar-refractivity contribution in [2.75, 3.05) is 6.61 Å². The van der Waals surface area contributed by atoms with Gasteiger partial charge in [0.2, 0.25) is 5.91 Å². The minimum absolute atomic E-state index is 0.00352. The SMILES string of the molecule is CCCCCCCCCCCCCC/C=C/CC/C=C/CC/C=C/C(O)C(CO)NC(=O)CC(O)CCCCCCCCCCCCCCCCC/C=C\CCCCCCCCCCCCCCCC. The summed E-state index contributed by atoms with van der Waals surface area (Å²) in [4.78, 5) is 12.5. The molecule has 0 aromatic rings. The smallest absolute Gasteiger partial charge is 0.222 e. The highest BCUT2D eigenvalue weighted by Gasteiger charge is 2.20. The number of amides is 1. The first-order valence-electron chi connectivity index (χ1n) is 31.4. The van der Waals surface area contributed by atoms with Gasteiger partial charge in [-0.2, -0.15) is 0 Å². The minimum atomic E-state index is -0.962. The van der Waals surface area contributed by atoms with E-state index in [0.29, 0.717) is 6.42 Å². The Hall–Kier alpha value is -1.69. The Morgan fingerprint density at radius 3 is 0.914 bits per heavy atom. The van der Waals surface area contributed by atoms with Crippen molar-refractivity contribution in [1.29, 1.82) is 0 Å². The molecule has 0 aromatic heterocycles. The van der Waals surface area contributed by atoms with Gasteiger partial charge < -0.3 is 20.6 Å². The fourth-order valence-electron chi connectivity index (χ4n) is 9.78. The van der Waals surface area contributed by atoms with Crippen LogP contribution in [0.4, 0.5) is 0 Å². The number of hydrogen-bond acceptors (Lipinski definition) is 4. The van der Waals surface area contributed by atoms with E-state index in [2.05, 4.69) is 55.6 Å². The summed E-state index contributed by atoms with van der Waals surface area (Å²) in [6, 6.07) is -0.769. The maximum absolute atomic E-state index is 12.5. The molecule has 1 amide bonds. The Labute approximate surface area is 437 Å². The molecule has 5 nitrogen and oxygen atoms in total. The van der Waals surface area contributed by atoms with Crippen molar-refractivity contribution in [3.05, 3.63) is 48.6 Å². The standard InChI is InChI=1S/C65H123NO4/c1-3-5-7-9-11-13-15-17-19-21-23-25-27-28-29-30-31-32-33-34-35-36-37-38-40-42-44-46-48-50-52-54-56-58-62(68)60-65(70)66-63(61-67)64(69)59-57-55-53-51-49-47-45-43-41-39-26-24-22-20-18-16-14-12-10-8-6-4-2/h30-31,41,43,49,51,57,59,62-64,67-69H,3-29,32-40,42,44-48,50,52-56,58,60-61H2,1-2H3,(H,66,70)/b31-30-,43-41+,51-49+,59-57+. The summed E-state index contributed by atoms with van der Waals surface area (Å²) in [5, 5.41) is 33.5. The van der Waals surface area contributed by atoms with E-state index in [-0.39, 0.29) is 18.9 Å². The summed E-state index contributed by atoms with van der Waals surface area (Å²) in [5.41, 5.74) is 0. The molecule has 0 spiro atoms. The third kappa shape index (κ3) is 55.6. The third-order valence-electron chi connectivity index (χ3n) is 14.6. The monoisotopic (exact) mass is 982 g/mol. The zero-order chi connectivity index (χ0) is 50.7. The van der Waals surface area contributed by atoms with E-state index in [1.54, 1.807) is 6.08 Å². The van der Waals surface area contributed by atoms with Gasteiger partial charge in [-0.15, -0.1) is 0 Å². The Balaban J connectivity index is 3.56. The molecular weight excluding hydrogens is 859 g/mol. The molecule has 0 saturated carbocycles. The van der Waals surface area contributed by atoms with Crippen molar-refractivity contribution in [3.8, 4) is 0 Å². The van der Waals surface area contributed by atoms with Crippen LogP contribution < -0.4 is 5.32 Å². The Bertz CT molecular complexity index is 1130. The average Bonchev–Trinajstić information content (AvgIpc) is 3.36. The summed E-state index contributed by atoms with van der Waals surface area (Å²) in [6.45, 7) is 4.23. The van der Waals surface area contributed by atoms with Gasteiger partial charge in [-0.1, -0.05) is 306 Å². The second-order valence-electron chi connectivity index (χ2n) is 21.6. The molecule has 0 bridgehead atoms. The first-order chi connectivity index (χ1) is 34.5. The fraction of sp³-hybridized carbons (Fsp3) is 0.862. The molecule has 0 heterocycles. The molecule has 3 atom stereocenters. The zero-order valence-corrected chi connectivity index (χ0v) is 47.2.